The smallest absolute Gasteiger partial charge is 0.151 e. The van der Waals surface area contributed by atoms with E-state index < -0.39 is 0 Å². The van der Waals surface area contributed by atoms with Crippen LogP contribution in [0, 0.1) is 24.7 Å². The molecule has 1 saturated carbocycles. The average molecular weight is 216 g/mol. The van der Waals surface area contributed by atoms with E-state index in [1.807, 2.05) is 19.1 Å². The Balaban J connectivity index is 1.81. The maximum atomic E-state index is 10.7. The van der Waals surface area contributed by atoms with Gasteiger partial charge in [-0.2, -0.15) is 0 Å². The van der Waals surface area contributed by atoms with Gasteiger partial charge >= 0.3 is 0 Å². The molecule has 1 aromatic rings. The summed E-state index contributed by atoms with van der Waals surface area (Å²) in [6.45, 7) is 6.50. The predicted octanol–water partition coefficient (Wildman–Crippen LogP) is 1.90. The summed E-state index contributed by atoms with van der Waals surface area (Å²) in [6.07, 6.45) is 0.871. The van der Waals surface area contributed by atoms with E-state index >= 15 is 0 Å². The summed E-state index contributed by atoms with van der Waals surface area (Å²) >= 11 is 0. The molecule has 0 amide bonds. The second kappa shape index (κ2) is 3.30. The van der Waals surface area contributed by atoms with Gasteiger partial charge in [0.15, 0.2) is 6.29 Å². The summed E-state index contributed by atoms with van der Waals surface area (Å²) in [5.41, 5.74) is 1.53. The minimum Gasteiger partial charge on any atom is -0.356 e. The van der Waals surface area contributed by atoms with Gasteiger partial charge in [-0.3, -0.25) is 4.79 Å². The van der Waals surface area contributed by atoms with E-state index in [2.05, 4.69) is 16.8 Å². The minimum absolute atomic E-state index is 0.696. The highest BCUT2D eigenvalue weighted by atomic mass is 16.1. The SMILES string of the molecule is Cc1nc(N2C[C@@H]3[C@H](C)[C@@H]3C2)ccc1C=O. The largest absolute Gasteiger partial charge is 0.356 e. The van der Waals surface area contributed by atoms with Crippen molar-refractivity contribution in [3.63, 3.8) is 0 Å². The Labute approximate surface area is 95.5 Å². The normalized spacial score (nSPS) is 31.4. The topological polar surface area (TPSA) is 33.2 Å². The Hall–Kier alpha value is -1.38. The van der Waals surface area contributed by atoms with Gasteiger partial charge in [0, 0.05) is 18.7 Å². The molecule has 0 aromatic carbocycles. The number of anilines is 1. The molecular weight excluding hydrogens is 200 g/mol. The van der Waals surface area contributed by atoms with Crippen molar-refractivity contribution in [2.24, 2.45) is 17.8 Å². The van der Waals surface area contributed by atoms with Crippen LogP contribution in [0.2, 0.25) is 0 Å². The fourth-order valence-electron chi connectivity index (χ4n) is 2.87. The molecule has 2 heterocycles. The van der Waals surface area contributed by atoms with Crippen LogP contribution in [0.1, 0.15) is 23.0 Å². The molecule has 16 heavy (non-hydrogen) atoms. The lowest BCUT2D eigenvalue weighted by Gasteiger charge is -2.20. The van der Waals surface area contributed by atoms with E-state index in [1.165, 1.54) is 0 Å². The monoisotopic (exact) mass is 216 g/mol. The summed E-state index contributed by atoms with van der Waals surface area (Å²) in [6, 6.07) is 3.84. The minimum atomic E-state index is 0.696. The number of piperidine rings is 1. The zero-order chi connectivity index (χ0) is 11.3. The van der Waals surface area contributed by atoms with Crippen molar-refractivity contribution in [1.29, 1.82) is 0 Å². The Kier molecular flexibility index (Phi) is 2.03. The van der Waals surface area contributed by atoms with E-state index in [4.69, 9.17) is 0 Å². The molecule has 3 heteroatoms. The summed E-state index contributed by atoms with van der Waals surface area (Å²) < 4.78 is 0. The third-order valence-corrected chi connectivity index (χ3v) is 4.19. The van der Waals surface area contributed by atoms with E-state index in [0.29, 0.717) is 5.56 Å². The number of rotatable bonds is 2. The van der Waals surface area contributed by atoms with Gasteiger partial charge in [-0.15, -0.1) is 0 Å². The molecule has 3 nitrogen and oxygen atoms in total. The Morgan fingerprint density at radius 2 is 2.06 bits per heavy atom. The molecule has 1 aliphatic carbocycles. The quantitative estimate of drug-likeness (QED) is 0.708. The number of pyridine rings is 1. The van der Waals surface area contributed by atoms with E-state index in [1.54, 1.807) is 0 Å². The van der Waals surface area contributed by atoms with Crippen molar-refractivity contribution >= 4 is 12.1 Å². The van der Waals surface area contributed by atoms with Crippen LogP contribution in [0.25, 0.3) is 0 Å². The first-order chi connectivity index (χ1) is 7.70. The molecule has 0 radical (unpaired) electrons. The van der Waals surface area contributed by atoms with Crippen LogP contribution in [0.4, 0.5) is 5.82 Å². The first kappa shape index (κ1) is 9.82. The molecule has 0 unspecified atom stereocenters. The van der Waals surface area contributed by atoms with E-state index in [-0.39, 0.29) is 0 Å². The van der Waals surface area contributed by atoms with Gasteiger partial charge in [0.2, 0.25) is 0 Å². The zero-order valence-electron chi connectivity index (χ0n) is 9.68. The van der Waals surface area contributed by atoms with E-state index in [9.17, 15) is 4.79 Å². The van der Waals surface area contributed by atoms with E-state index in [0.717, 1.165) is 48.6 Å². The Bertz CT molecular complexity index is 432. The number of aromatic nitrogens is 1. The van der Waals surface area contributed by atoms with Crippen LogP contribution in [0.15, 0.2) is 12.1 Å². The molecule has 0 spiro atoms. The molecule has 1 aliphatic heterocycles. The van der Waals surface area contributed by atoms with Gasteiger partial charge in [-0.1, -0.05) is 6.92 Å². The molecule has 3 atom stereocenters. The van der Waals surface area contributed by atoms with Gasteiger partial charge in [0.05, 0.1) is 5.69 Å². The number of nitrogens with zero attached hydrogens (tertiary/aromatic N) is 2. The molecule has 0 N–H and O–H groups in total. The van der Waals surface area contributed by atoms with Crippen molar-refractivity contribution in [2.45, 2.75) is 13.8 Å². The lowest BCUT2D eigenvalue weighted by atomic mass is 10.2. The Morgan fingerprint density at radius 3 is 2.62 bits per heavy atom. The summed E-state index contributed by atoms with van der Waals surface area (Å²) in [5, 5.41) is 0. The lowest BCUT2D eigenvalue weighted by Crippen LogP contribution is -2.24. The van der Waals surface area contributed by atoms with Gasteiger partial charge in [0.1, 0.15) is 5.82 Å². The average Bonchev–Trinajstić information content (AvgIpc) is 2.75. The summed E-state index contributed by atoms with van der Waals surface area (Å²) in [4.78, 5) is 17.6. The van der Waals surface area contributed by atoms with Crippen LogP contribution in [-0.4, -0.2) is 24.4 Å². The molecule has 1 aromatic heterocycles. The molecule has 3 rings (SSSR count). The van der Waals surface area contributed by atoms with Crippen LogP contribution < -0.4 is 4.90 Å². The third-order valence-electron chi connectivity index (χ3n) is 4.19. The number of fused-ring (bicyclic) bond motifs is 1. The fraction of sp³-hybridized carbons (Fsp3) is 0.538. The van der Waals surface area contributed by atoms with Gasteiger partial charge in [0.25, 0.3) is 0 Å². The second-order valence-corrected chi connectivity index (χ2v) is 5.05. The number of hydrogen-bond donors (Lipinski definition) is 0. The third kappa shape index (κ3) is 1.34. The molecular formula is C13H16N2O. The summed E-state index contributed by atoms with van der Waals surface area (Å²) in [7, 11) is 0. The van der Waals surface area contributed by atoms with Crippen LogP contribution in [-0.2, 0) is 0 Å². The van der Waals surface area contributed by atoms with Crippen molar-refractivity contribution < 1.29 is 4.79 Å². The highest BCUT2D eigenvalue weighted by Gasteiger charge is 2.52. The number of hydrogen-bond acceptors (Lipinski definition) is 3. The lowest BCUT2D eigenvalue weighted by molar-refractivity contribution is 0.112. The van der Waals surface area contributed by atoms with Crippen molar-refractivity contribution in [3.8, 4) is 0 Å². The standard InChI is InChI=1S/C13H16N2O/c1-8-11-5-15(6-12(8)11)13-4-3-10(7-16)9(2)14-13/h3-4,7-8,11-12H,5-6H2,1-2H3/t8-,11+,12-. The summed E-state index contributed by atoms with van der Waals surface area (Å²) in [5.74, 6) is 3.70. The first-order valence-corrected chi connectivity index (χ1v) is 5.88. The maximum absolute atomic E-state index is 10.7. The van der Waals surface area contributed by atoms with Crippen molar-refractivity contribution in [3.05, 3.63) is 23.4 Å². The van der Waals surface area contributed by atoms with Gasteiger partial charge < -0.3 is 4.90 Å². The second-order valence-electron chi connectivity index (χ2n) is 5.05. The van der Waals surface area contributed by atoms with Crippen LogP contribution >= 0.6 is 0 Å². The fourth-order valence-corrected chi connectivity index (χ4v) is 2.87. The van der Waals surface area contributed by atoms with Crippen LogP contribution in [0.5, 0.6) is 0 Å². The number of carbonyl (C=O) groups is 1. The number of aryl methyl sites for hydroxylation is 1. The highest BCUT2D eigenvalue weighted by molar-refractivity contribution is 5.76. The van der Waals surface area contributed by atoms with Crippen molar-refractivity contribution in [1.82, 2.24) is 4.98 Å². The molecule has 0 bridgehead atoms. The molecule has 2 aliphatic rings. The molecule has 2 fully saturated rings. The highest BCUT2D eigenvalue weighted by Crippen LogP contribution is 2.51. The van der Waals surface area contributed by atoms with Crippen molar-refractivity contribution in [2.75, 3.05) is 18.0 Å². The maximum Gasteiger partial charge on any atom is 0.151 e. The number of aldehydes is 1. The molecule has 1 saturated heterocycles. The predicted molar refractivity (Wildman–Crippen MR) is 62.7 cm³/mol. The number of carbonyl (C=O) groups excluding carboxylic acids is 1. The molecule has 84 valence electrons. The van der Waals surface area contributed by atoms with Crippen LogP contribution in [0.3, 0.4) is 0 Å². The zero-order valence-corrected chi connectivity index (χ0v) is 9.68. The first-order valence-electron chi connectivity index (χ1n) is 5.88. The Morgan fingerprint density at radius 1 is 1.38 bits per heavy atom. The van der Waals surface area contributed by atoms with Gasteiger partial charge in [-0.25, -0.2) is 4.98 Å². The van der Waals surface area contributed by atoms with Gasteiger partial charge in [-0.05, 0) is 36.8 Å².